The first kappa shape index (κ1) is 16.2. The van der Waals surface area contributed by atoms with Gasteiger partial charge >= 0.3 is 5.97 Å². The molecule has 4 heteroatoms. The molecule has 2 rings (SSSR count). The summed E-state index contributed by atoms with van der Waals surface area (Å²) >= 11 is 0. The average Bonchev–Trinajstić information content (AvgIpc) is 2.95. The van der Waals surface area contributed by atoms with E-state index in [0.717, 1.165) is 5.57 Å². The zero-order valence-corrected chi connectivity index (χ0v) is 12.4. The fourth-order valence-corrected chi connectivity index (χ4v) is 2.13. The van der Waals surface area contributed by atoms with E-state index in [1.807, 2.05) is 6.07 Å². The Morgan fingerprint density at radius 2 is 1.73 bits per heavy atom. The Hall–Kier alpha value is -2.17. The quantitative estimate of drug-likeness (QED) is 0.572. The molecule has 0 radical (unpaired) electrons. The molecule has 116 valence electrons. The third-order valence-electron chi connectivity index (χ3n) is 3.28. The fraction of sp³-hybridized carbons (Fsp3) is 0.278. The van der Waals surface area contributed by atoms with Gasteiger partial charge in [-0.05, 0) is 17.7 Å². The standard InChI is InChI=1S/C18H20O4/c1-4-15-16(5-2)22-17(21-15)11-13(3)12-20-18(19)14-9-7-6-8-10-14/h4-10,15-17H,1-3,11-12H2/t15-,16-/m0/s1. The highest BCUT2D eigenvalue weighted by molar-refractivity contribution is 5.89. The molecule has 1 aromatic rings. The van der Waals surface area contributed by atoms with Crippen LogP contribution in [-0.2, 0) is 14.2 Å². The minimum Gasteiger partial charge on any atom is -0.458 e. The van der Waals surface area contributed by atoms with Crippen LogP contribution in [0.3, 0.4) is 0 Å². The lowest BCUT2D eigenvalue weighted by atomic mass is 10.2. The maximum absolute atomic E-state index is 11.8. The van der Waals surface area contributed by atoms with E-state index in [2.05, 4.69) is 19.7 Å². The monoisotopic (exact) mass is 300 g/mol. The van der Waals surface area contributed by atoms with Crippen molar-refractivity contribution in [3.05, 3.63) is 73.4 Å². The SMILES string of the molecule is C=C[C@@H]1OC(CC(=C)COC(=O)c2ccccc2)O[C@H]1C=C. The Bertz CT molecular complexity index is 533. The van der Waals surface area contributed by atoms with Crippen molar-refractivity contribution < 1.29 is 19.0 Å². The first-order valence-electron chi connectivity index (χ1n) is 7.09. The first-order valence-corrected chi connectivity index (χ1v) is 7.09. The molecule has 22 heavy (non-hydrogen) atoms. The van der Waals surface area contributed by atoms with Gasteiger partial charge in [0.15, 0.2) is 6.29 Å². The lowest BCUT2D eigenvalue weighted by Crippen LogP contribution is -2.16. The zero-order valence-electron chi connectivity index (χ0n) is 12.4. The molecule has 0 aromatic heterocycles. The molecule has 1 aliphatic heterocycles. The van der Waals surface area contributed by atoms with E-state index in [-0.39, 0.29) is 24.8 Å². The highest BCUT2D eigenvalue weighted by Crippen LogP contribution is 2.24. The Morgan fingerprint density at radius 3 is 2.27 bits per heavy atom. The third-order valence-corrected chi connectivity index (χ3v) is 3.28. The van der Waals surface area contributed by atoms with E-state index in [9.17, 15) is 4.79 Å². The molecular weight excluding hydrogens is 280 g/mol. The van der Waals surface area contributed by atoms with E-state index in [1.54, 1.807) is 36.4 Å². The van der Waals surface area contributed by atoms with Crippen molar-refractivity contribution in [1.29, 1.82) is 0 Å². The van der Waals surface area contributed by atoms with Gasteiger partial charge in [-0.2, -0.15) is 0 Å². The largest absolute Gasteiger partial charge is 0.458 e. The lowest BCUT2D eigenvalue weighted by Gasteiger charge is -2.12. The lowest BCUT2D eigenvalue weighted by molar-refractivity contribution is -0.0567. The normalized spacial score (nSPS) is 21.3. The summed E-state index contributed by atoms with van der Waals surface area (Å²) in [7, 11) is 0. The zero-order chi connectivity index (χ0) is 15.9. The molecule has 1 saturated heterocycles. The number of rotatable bonds is 7. The Morgan fingerprint density at radius 1 is 1.14 bits per heavy atom. The second-order valence-electron chi connectivity index (χ2n) is 5.00. The van der Waals surface area contributed by atoms with Crippen LogP contribution in [0.5, 0.6) is 0 Å². The van der Waals surface area contributed by atoms with Crippen LogP contribution in [0.15, 0.2) is 67.8 Å². The van der Waals surface area contributed by atoms with Gasteiger partial charge in [0.1, 0.15) is 18.8 Å². The highest BCUT2D eigenvalue weighted by atomic mass is 16.7. The molecule has 0 N–H and O–H groups in total. The molecule has 1 heterocycles. The molecule has 0 unspecified atom stereocenters. The van der Waals surface area contributed by atoms with E-state index in [4.69, 9.17) is 14.2 Å². The van der Waals surface area contributed by atoms with Gasteiger partial charge in [0.05, 0.1) is 5.56 Å². The van der Waals surface area contributed by atoms with E-state index in [1.165, 1.54) is 0 Å². The van der Waals surface area contributed by atoms with Crippen molar-refractivity contribution in [2.24, 2.45) is 0 Å². The summed E-state index contributed by atoms with van der Waals surface area (Å²) in [5.74, 6) is -0.372. The predicted molar refractivity (Wildman–Crippen MR) is 84.4 cm³/mol. The van der Waals surface area contributed by atoms with Gasteiger partial charge in [0, 0.05) is 6.42 Å². The molecule has 1 aliphatic rings. The molecule has 0 aliphatic carbocycles. The number of benzene rings is 1. The van der Waals surface area contributed by atoms with Gasteiger partial charge in [0.25, 0.3) is 0 Å². The molecule has 0 amide bonds. The summed E-state index contributed by atoms with van der Waals surface area (Å²) in [6, 6.07) is 8.83. The van der Waals surface area contributed by atoms with Crippen molar-refractivity contribution in [3.8, 4) is 0 Å². The molecule has 0 bridgehead atoms. The maximum Gasteiger partial charge on any atom is 0.338 e. The Labute approximate surface area is 130 Å². The number of carbonyl (C=O) groups excluding carboxylic acids is 1. The Kier molecular flexibility index (Phi) is 5.69. The number of carbonyl (C=O) groups is 1. The summed E-state index contributed by atoms with van der Waals surface area (Å²) in [6.45, 7) is 11.4. The van der Waals surface area contributed by atoms with Crippen molar-refractivity contribution in [2.45, 2.75) is 24.9 Å². The fourth-order valence-electron chi connectivity index (χ4n) is 2.13. The topological polar surface area (TPSA) is 44.8 Å². The van der Waals surface area contributed by atoms with Gasteiger partial charge in [-0.25, -0.2) is 4.79 Å². The van der Waals surface area contributed by atoms with Gasteiger partial charge in [-0.1, -0.05) is 36.9 Å². The van der Waals surface area contributed by atoms with E-state index >= 15 is 0 Å². The summed E-state index contributed by atoms with van der Waals surface area (Å²) in [5.41, 5.74) is 1.24. The summed E-state index contributed by atoms with van der Waals surface area (Å²) < 4.78 is 16.5. The minimum absolute atomic E-state index is 0.133. The molecule has 4 nitrogen and oxygen atoms in total. The minimum atomic E-state index is -0.422. The number of hydrogen-bond acceptors (Lipinski definition) is 4. The average molecular weight is 300 g/mol. The molecule has 0 spiro atoms. The maximum atomic E-state index is 11.8. The summed E-state index contributed by atoms with van der Waals surface area (Å²) in [5, 5.41) is 0. The number of esters is 1. The number of hydrogen-bond donors (Lipinski definition) is 0. The van der Waals surface area contributed by atoms with Gasteiger partial charge in [0.2, 0.25) is 0 Å². The van der Waals surface area contributed by atoms with Crippen LogP contribution in [0.1, 0.15) is 16.8 Å². The number of ether oxygens (including phenoxy) is 3. The molecule has 0 saturated carbocycles. The van der Waals surface area contributed by atoms with Gasteiger partial charge < -0.3 is 14.2 Å². The van der Waals surface area contributed by atoms with Crippen molar-refractivity contribution in [3.63, 3.8) is 0 Å². The molecular formula is C18H20O4. The van der Waals surface area contributed by atoms with Gasteiger partial charge in [-0.15, -0.1) is 13.2 Å². The Balaban J connectivity index is 1.78. The van der Waals surface area contributed by atoms with E-state index < -0.39 is 6.29 Å². The second-order valence-corrected chi connectivity index (χ2v) is 5.00. The highest BCUT2D eigenvalue weighted by Gasteiger charge is 2.32. The van der Waals surface area contributed by atoms with Crippen LogP contribution in [0, 0.1) is 0 Å². The smallest absolute Gasteiger partial charge is 0.338 e. The molecule has 2 atom stereocenters. The first-order chi connectivity index (χ1) is 10.6. The summed E-state index contributed by atoms with van der Waals surface area (Å²) in [6.07, 6.45) is 2.99. The van der Waals surface area contributed by atoms with Crippen LogP contribution in [0.2, 0.25) is 0 Å². The van der Waals surface area contributed by atoms with Crippen LogP contribution in [0.4, 0.5) is 0 Å². The summed E-state index contributed by atoms with van der Waals surface area (Å²) in [4.78, 5) is 11.8. The van der Waals surface area contributed by atoms with Crippen molar-refractivity contribution >= 4 is 5.97 Å². The molecule has 1 aromatic carbocycles. The van der Waals surface area contributed by atoms with E-state index in [0.29, 0.717) is 12.0 Å². The van der Waals surface area contributed by atoms with Crippen LogP contribution >= 0.6 is 0 Å². The van der Waals surface area contributed by atoms with Crippen molar-refractivity contribution in [1.82, 2.24) is 0 Å². The third kappa shape index (κ3) is 4.16. The van der Waals surface area contributed by atoms with Crippen LogP contribution in [0.25, 0.3) is 0 Å². The van der Waals surface area contributed by atoms with Crippen molar-refractivity contribution in [2.75, 3.05) is 6.61 Å². The predicted octanol–water partition coefficient (Wildman–Crippen LogP) is 3.27. The molecule has 1 fully saturated rings. The van der Waals surface area contributed by atoms with Crippen LogP contribution < -0.4 is 0 Å². The van der Waals surface area contributed by atoms with Crippen LogP contribution in [-0.4, -0.2) is 31.1 Å². The second kappa shape index (κ2) is 7.73. The van der Waals surface area contributed by atoms with Gasteiger partial charge in [-0.3, -0.25) is 0 Å².